The van der Waals surface area contributed by atoms with Gasteiger partial charge in [0.1, 0.15) is 11.5 Å². The van der Waals surface area contributed by atoms with Gasteiger partial charge in [-0.2, -0.15) is 0 Å². The Hall–Kier alpha value is -2.72. The number of aryl methyl sites for hydroxylation is 1. The van der Waals surface area contributed by atoms with Crippen LogP contribution in [-0.2, 0) is 4.74 Å². The molecule has 2 aliphatic carbocycles. The molecule has 0 saturated carbocycles. The normalized spacial score (nSPS) is 20.0. The number of allylic oxidation sites excluding steroid dienone is 3. The van der Waals surface area contributed by atoms with E-state index in [2.05, 4.69) is 43.0 Å². The second kappa shape index (κ2) is 6.39. The number of rotatable bonds is 2. The van der Waals surface area contributed by atoms with Crippen molar-refractivity contribution in [3.63, 3.8) is 0 Å². The molecule has 2 aromatic carbocycles. The molecule has 1 N–H and O–H groups in total. The van der Waals surface area contributed by atoms with Crippen LogP contribution < -0.4 is 15.2 Å². The summed E-state index contributed by atoms with van der Waals surface area (Å²) in [4.78, 5) is 2.41. The van der Waals surface area contributed by atoms with Crippen molar-refractivity contribution in [2.24, 2.45) is 5.41 Å². The van der Waals surface area contributed by atoms with Crippen molar-refractivity contribution in [2.75, 3.05) is 33.4 Å². The summed E-state index contributed by atoms with van der Waals surface area (Å²) in [5.74, 6) is 1.11. The molecule has 0 spiro atoms. The molecule has 0 radical (unpaired) electrons. The number of hydrogen-bond donors (Lipinski definition) is 1. The van der Waals surface area contributed by atoms with E-state index in [0.717, 1.165) is 53.6 Å². The first-order chi connectivity index (χ1) is 13.9. The number of phenols is 1. The molecule has 5 rings (SSSR count). The van der Waals surface area contributed by atoms with E-state index in [1.165, 1.54) is 22.1 Å². The van der Waals surface area contributed by atoms with E-state index < -0.39 is 0 Å². The number of benzene rings is 2. The molecule has 0 unspecified atom stereocenters. The average molecular weight is 389 g/mol. The lowest BCUT2D eigenvalue weighted by molar-refractivity contribution is 0.0548. The number of ether oxygens (including phenoxy) is 2. The Kier molecular flexibility index (Phi) is 4.04. The van der Waals surface area contributed by atoms with Crippen LogP contribution in [0.15, 0.2) is 41.6 Å². The summed E-state index contributed by atoms with van der Waals surface area (Å²) in [6.45, 7) is 9.94. The van der Waals surface area contributed by atoms with E-state index in [-0.39, 0.29) is 5.41 Å². The Morgan fingerprint density at radius 1 is 1.14 bits per heavy atom. The van der Waals surface area contributed by atoms with Crippen LogP contribution in [-0.4, -0.2) is 43.4 Å². The average Bonchev–Trinajstić information content (AvgIpc) is 3.07. The molecule has 3 aliphatic rings. The molecule has 29 heavy (non-hydrogen) atoms. The largest absolute Gasteiger partial charge is 0.507 e. The minimum Gasteiger partial charge on any atom is -0.507 e. The van der Waals surface area contributed by atoms with Gasteiger partial charge in [0, 0.05) is 35.2 Å². The van der Waals surface area contributed by atoms with Crippen molar-refractivity contribution in [1.82, 2.24) is 4.90 Å². The van der Waals surface area contributed by atoms with E-state index >= 15 is 0 Å². The van der Waals surface area contributed by atoms with Gasteiger partial charge >= 0.3 is 0 Å². The fourth-order valence-corrected chi connectivity index (χ4v) is 5.13. The van der Waals surface area contributed by atoms with E-state index in [9.17, 15) is 5.11 Å². The van der Waals surface area contributed by atoms with Gasteiger partial charge in [-0.05, 0) is 64.2 Å². The van der Waals surface area contributed by atoms with Crippen LogP contribution in [0.5, 0.6) is 11.5 Å². The van der Waals surface area contributed by atoms with Crippen LogP contribution >= 0.6 is 0 Å². The van der Waals surface area contributed by atoms with Crippen LogP contribution in [0.3, 0.4) is 0 Å². The standard InChI is InChI=1S/C25H27NO3/c1-15-22(28-4)6-5-18-19-12-16-11-17(26-7-9-29-10-8-26)14-25(2,3)24(16)20(19)13-21(27)23(15)18/h5-6,11-14,27H,7-10H2,1-4H3. The molecular formula is C25H27NO3. The minimum atomic E-state index is -0.124. The number of hydrogen-bond acceptors (Lipinski definition) is 4. The maximum absolute atomic E-state index is 10.9. The Bertz CT molecular complexity index is 1210. The van der Waals surface area contributed by atoms with Gasteiger partial charge in [0.25, 0.3) is 0 Å². The Morgan fingerprint density at radius 2 is 1.90 bits per heavy atom. The molecule has 1 aliphatic heterocycles. The zero-order valence-electron chi connectivity index (χ0n) is 17.5. The Morgan fingerprint density at radius 3 is 2.62 bits per heavy atom. The molecule has 1 saturated heterocycles. The molecule has 4 nitrogen and oxygen atoms in total. The smallest absolute Gasteiger partial charge is 0.124 e. The van der Waals surface area contributed by atoms with Crippen molar-refractivity contribution in [1.29, 1.82) is 0 Å². The highest BCUT2D eigenvalue weighted by molar-refractivity contribution is 5.99. The summed E-state index contributed by atoms with van der Waals surface area (Å²) in [6.07, 6.45) is 6.94. The predicted octanol–water partition coefficient (Wildman–Crippen LogP) is 2.99. The zero-order chi connectivity index (χ0) is 20.3. The number of phenolic OH excluding ortho intramolecular Hbond substituents is 1. The topological polar surface area (TPSA) is 41.9 Å². The van der Waals surface area contributed by atoms with Crippen molar-refractivity contribution in [3.05, 3.63) is 57.6 Å². The molecule has 0 bridgehead atoms. The van der Waals surface area contributed by atoms with Gasteiger partial charge in [0.2, 0.25) is 0 Å². The number of nitrogens with zero attached hydrogens (tertiary/aromatic N) is 1. The second-order valence-corrected chi connectivity index (χ2v) is 8.68. The zero-order valence-corrected chi connectivity index (χ0v) is 17.5. The summed E-state index contributed by atoms with van der Waals surface area (Å²) in [6, 6.07) is 6.00. The van der Waals surface area contributed by atoms with Crippen molar-refractivity contribution >= 4 is 22.4 Å². The van der Waals surface area contributed by atoms with Crippen LogP contribution in [0, 0.1) is 12.3 Å². The van der Waals surface area contributed by atoms with Crippen LogP contribution in [0.4, 0.5) is 0 Å². The highest BCUT2D eigenvalue weighted by Crippen LogP contribution is 2.42. The lowest BCUT2D eigenvalue weighted by atomic mass is 9.76. The van der Waals surface area contributed by atoms with Crippen LogP contribution in [0.25, 0.3) is 22.4 Å². The molecule has 0 atom stereocenters. The third-order valence-electron chi connectivity index (χ3n) is 6.44. The number of methoxy groups -OCH3 is 1. The lowest BCUT2D eigenvalue weighted by Crippen LogP contribution is -2.37. The number of morpholine rings is 1. The van der Waals surface area contributed by atoms with E-state index in [1.54, 1.807) is 7.11 Å². The summed E-state index contributed by atoms with van der Waals surface area (Å²) >= 11 is 0. The third-order valence-corrected chi connectivity index (χ3v) is 6.44. The van der Waals surface area contributed by atoms with Gasteiger partial charge in [-0.1, -0.05) is 19.9 Å². The third kappa shape index (κ3) is 2.70. The predicted molar refractivity (Wildman–Crippen MR) is 116 cm³/mol. The van der Waals surface area contributed by atoms with Gasteiger partial charge < -0.3 is 19.5 Å². The molecule has 0 aromatic heterocycles. The van der Waals surface area contributed by atoms with Gasteiger partial charge in [-0.3, -0.25) is 0 Å². The summed E-state index contributed by atoms with van der Waals surface area (Å²) in [7, 11) is 1.67. The SMILES string of the molecule is COc1ccc2c3c(cc(O)c2c1C)=C1C(=CC(N2CCOCC2)=CC1(C)C)C=3. The van der Waals surface area contributed by atoms with Gasteiger partial charge in [-0.25, -0.2) is 0 Å². The highest BCUT2D eigenvalue weighted by Gasteiger charge is 2.32. The molecule has 1 fully saturated rings. The molecule has 4 heteroatoms. The molecule has 150 valence electrons. The summed E-state index contributed by atoms with van der Waals surface area (Å²) in [5, 5.41) is 15.2. The van der Waals surface area contributed by atoms with Crippen molar-refractivity contribution < 1.29 is 14.6 Å². The first-order valence-corrected chi connectivity index (χ1v) is 10.2. The Labute approximate surface area is 171 Å². The number of fused-ring (bicyclic) bond motifs is 4. The fraction of sp³-hybridized carbons (Fsp3) is 0.360. The number of aromatic hydroxyl groups is 1. The van der Waals surface area contributed by atoms with Crippen LogP contribution in [0.2, 0.25) is 0 Å². The minimum absolute atomic E-state index is 0.124. The van der Waals surface area contributed by atoms with E-state index in [4.69, 9.17) is 9.47 Å². The first kappa shape index (κ1) is 18.3. The van der Waals surface area contributed by atoms with Gasteiger partial charge in [0.05, 0.1) is 20.3 Å². The lowest BCUT2D eigenvalue weighted by Gasteiger charge is -2.36. The highest BCUT2D eigenvalue weighted by atomic mass is 16.5. The van der Waals surface area contributed by atoms with Crippen molar-refractivity contribution in [3.8, 4) is 11.5 Å². The Balaban J connectivity index is 1.77. The molecular weight excluding hydrogens is 362 g/mol. The quantitative estimate of drug-likeness (QED) is 0.858. The fourth-order valence-electron chi connectivity index (χ4n) is 5.13. The van der Waals surface area contributed by atoms with Crippen LogP contribution in [0.1, 0.15) is 19.4 Å². The molecule has 1 heterocycles. The van der Waals surface area contributed by atoms with E-state index in [1.807, 2.05) is 19.1 Å². The molecule has 0 amide bonds. The maximum atomic E-state index is 10.9. The molecule has 2 aromatic rings. The monoisotopic (exact) mass is 389 g/mol. The van der Waals surface area contributed by atoms with Gasteiger partial charge in [-0.15, -0.1) is 0 Å². The first-order valence-electron chi connectivity index (χ1n) is 10.2. The summed E-state index contributed by atoms with van der Waals surface area (Å²) < 4.78 is 11.0. The van der Waals surface area contributed by atoms with Gasteiger partial charge in [0.15, 0.2) is 0 Å². The second-order valence-electron chi connectivity index (χ2n) is 8.68. The van der Waals surface area contributed by atoms with E-state index in [0.29, 0.717) is 5.75 Å². The summed E-state index contributed by atoms with van der Waals surface area (Å²) in [5.41, 5.74) is 4.65. The maximum Gasteiger partial charge on any atom is 0.124 e. The van der Waals surface area contributed by atoms with Crippen molar-refractivity contribution in [2.45, 2.75) is 20.8 Å².